The summed E-state index contributed by atoms with van der Waals surface area (Å²) in [5, 5.41) is 13.1. The van der Waals surface area contributed by atoms with Crippen LogP contribution in [0, 0.1) is 0 Å². The van der Waals surface area contributed by atoms with Crippen molar-refractivity contribution < 1.29 is 22.9 Å². The first-order valence-electron chi connectivity index (χ1n) is 18.8. The van der Waals surface area contributed by atoms with Gasteiger partial charge in [0.2, 0.25) is 5.91 Å². The summed E-state index contributed by atoms with van der Waals surface area (Å²) in [7, 11) is -4.35. The standard InChI is InChI=1S/C39H71NO5S/c1-3-5-7-9-11-13-15-17-18-19-20-21-23-25-27-29-31-33-35-39(42)40-37(36-46(43,44)45)38(41)34-32-30-28-26-24-22-16-14-12-10-8-6-4-2/h13,15,18-19,24,26,32,34,37-38,41H,3-12,14,16-17,20-23,25,27-31,33,35-36H2,1-2H3,(H,40,42)(H,43,44,45)/b15-13-,19-18-,26-24+,34-32+. The second-order valence-electron chi connectivity index (χ2n) is 12.8. The lowest BCUT2D eigenvalue weighted by Gasteiger charge is -2.21. The van der Waals surface area contributed by atoms with Gasteiger partial charge in [-0.2, -0.15) is 8.42 Å². The van der Waals surface area contributed by atoms with E-state index in [0.717, 1.165) is 51.4 Å². The van der Waals surface area contributed by atoms with Crippen LogP contribution in [0.4, 0.5) is 0 Å². The maximum atomic E-state index is 12.5. The molecule has 268 valence electrons. The molecule has 0 aliphatic rings. The molecule has 0 heterocycles. The van der Waals surface area contributed by atoms with E-state index in [4.69, 9.17) is 0 Å². The summed E-state index contributed by atoms with van der Waals surface area (Å²) in [6, 6.07) is -1.08. The molecule has 0 aromatic carbocycles. The van der Waals surface area contributed by atoms with Gasteiger partial charge < -0.3 is 10.4 Å². The van der Waals surface area contributed by atoms with Crippen LogP contribution < -0.4 is 5.32 Å². The fourth-order valence-corrected chi connectivity index (χ4v) is 6.11. The van der Waals surface area contributed by atoms with Crippen molar-refractivity contribution in [1.82, 2.24) is 5.32 Å². The molecule has 0 aromatic heterocycles. The number of unbranched alkanes of at least 4 members (excludes halogenated alkanes) is 19. The van der Waals surface area contributed by atoms with Gasteiger partial charge in [0.15, 0.2) is 0 Å². The second kappa shape index (κ2) is 33.2. The minimum Gasteiger partial charge on any atom is -0.387 e. The second-order valence-corrected chi connectivity index (χ2v) is 14.3. The molecule has 1 amide bonds. The predicted molar refractivity (Wildman–Crippen MR) is 198 cm³/mol. The normalized spacial score (nSPS) is 13.9. The van der Waals surface area contributed by atoms with Crippen molar-refractivity contribution in [2.24, 2.45) is 0 Å². The van der Waals surface area contributed by atoms with Gasteiger partial charge in [-0.1, -0.05) is 152 Å². The van der Waals surface area contributed by atoms with Crippen molar-refractivity contribution in [2.45, 2.75) is 187 Å². The number of allylic oxidation sites excluding steroid dienone is 7. The van der Waals surface area contributed by atoms with E-state index in [1.807, 2.05) is 0 Å². The molecule has 0 rings (SSSR count). The molecule has 0 bridgehead atoms. The zero-order chi connectivity index (χ0) is 34.0. The lowest BCUT2D eigenvalue weighted by Crippen LogP contribution is -2.46. The Morgan fingerprint density at radius 2 is 1.00 bits per heavy atom. The highest BCUT2D eigenvalue weighted by molar-refractivity contribution is 7.85. The summed E-state index contributed by atoms with van der Waals surface area (Å²) in [5.41, 5.74) is 0. The summed E-state index contributed by atoms with van der Waals surface area (Å²) in [5.74, 6) is -1.01. The molecule has 0 aliphatic carbocycles. The molecule has 0 saturated heterocycles. The Kier molecular flexibility index (Phi) is 32.0. The molecule has 0 fully saturated rings. The number of hydrogen-bond donors (Lipinski definition) is 3. The van der Waals surface area contributed by atoms with Crippen LogP contribution in [0.2, 0.25) is 0 Å². The Labute approximate surface area is 284 Å². The highest BCUT2D eigenvalue weighted by Gasteiger charge is 2.24. The average Bonchev–Trinajstić information content (AvgIpc) is 3.01. The maximum Gasteiger partial charge on any atom is 0.267 e. The zero-order valence-corrected chi connectivity index (χ0v) is 30.5. The number of carbonyl (C=O) groups is 1. The van der Waals surface area contributed by atoms with E-state index in [0.29, 0.717) is 6.42 Å². The first kappa shape index (κ1) is 44.3. The number of rotatable bonds is 33. The molecule has 2 atom stereocenters. The van der Waals surface area contributed by atoms with Gasteiger partial charge >= 0.3 is 0 Å². The van der Waals surface area contributed by atoms with Crippen LogP contribution in [0.5, 0.6) is 0 Å². The molecule has 7 heteroatoms. The summed E-state index contributed by atoms with van der Waals surface area (Å²) in [4.78, 5) is 12.5. The van der Waals surface area contributed by atoms with Crippen LogP contribution >= 0.6 is 0 Å². The van der Waals surface area contributed by atoms with Crippen molar-refractivity contribution in [3.05, 3.63) is 48.6 Å². The van der Waals surface area contributed by atoms with Crippen LogP contribution in [-0.4, -0.2) is 41.9 Å². The number of nitrogens with one attached hydrogen (secondary N) is 1. The third-order valence-electron chi connectivity index (χ3n) is 8.23. The molecule has 0 spiro atoms. The highest BCUT2D eigenvalue weighted by atomic mass is 32.2. The smallest absolute Gasteiger partial charge is 0.267 e. The first-order valence-corrected chi connectivity index (χ1v) is 20.4. The lowest BCUT2D eigenvalue weighted by molar-refractivity contribution is -0.122. The van der Waals surface area contributed by atoms with Crippen molar-refractivity contribution in [2.75, 3.05) is 5.75 Å². The van der Waals surface area contributed by atoms with Crippen LogP contribution in [0.25, 0.3) is 0 Å². The van der Waals surface area contributed by atoms with Crippen LogP contribution in [0.1, 0.15) is 174 Å². The minimum absolute atomic E-state index is 0.278. The molecule has 0 aliphatic heterocycles. The van der Waals surface area contributed by atoms with Gasteiger partial charge in [-0.3, -0.25) is 9.35 Å². The van der Waals surface area contributed by atoms with Gasteiger partial charge in [-0.25, -0.2) is 0 Å². The highest BCUT2D eigenvalue weighted by Crippen LogP contribution is 2.12. The Morgan fingerprint density at radius 1 is 0.587 bits per heavy atom. The van der Waals surface area contributed by atoms with E-state index in [-0.39, 0.29) is 12.3 Å². The molecular formula is C39H71NO5S. The summed E-state index contributed by atoms with van der Waals surface area (Å²) in [6.07, 6.45) is 43.8. The SMILES string of the molecule is CCCCCC/C=C\C/C=C\CCCCCCCCCC(=O)NC(CS(=O)(=O)O)C(O)/C=C/CC/C=C/CCCCCCCCC. The monoisotopic (exact) mass is 666 g/mol. The van der Waals surface area contributed by atoms with Gasteiger partial charge in [0.1, 0.15) is 0 Å². The average molecular weight is 666 g/mol. The molecule has 2 unspecified atom stereocenters. The van der Waals surface area contributed by atoms with Crippen molar-refractivity contribution in [1.29, 1.82) is 0 Å². The lowest BCUT2D eigenvalue weighted by atomic mass is 10.1. The molecular weight excluding hydrogens is 594 g/mol. The van der Waals surface area contributed by atoms with Crippen LogP contribution in [0.15, 0.2) is 48.6 Å². The quantitative estimate of drug-likeness (QED) is 0.0368. The number of carbonyl (C=O) groups excluding carboxylic acids is 1. The topological polar surface area (TPSA) is 104 Å². The minimum atomic E-state index is -4.35. The number of amides is 1. The number of aliphatic hydroxyl groups is 1. The van der Waals surface area contributed by atoms with Crippen LogP contribution in [0.3, 0.4) is 0 Å². The zero-order valence-electron chi connectivity index (χ0n) is 29.7. The van der Waals surface area contributed by atoms with Gasteiger partial charge in [-0.05, 0) is 64.2 Å². The third-order valence-corrected chi connectivity index (χ3v) is 9.01. The van der Waals surface area contributed by atoms with Gasteiger partial charge in [0.05, 0.1) is 17.9 Å². The molecule has 0 saturated carbocycles. The van der Waals surface area contributed by atoms with Gasteiger partial charge in [0.25, 0.3) is 10.1 Å². The van der Waals surface area contributed by atoms with E-state index in [2.05, 4.69) is 55.6 Å². The summed E-state index contributed by atoms with van der Waals surface area (Å²) < 4.78 is 32.4. The summed E-state index contributed by atoms with van der Waals surface area (Å²) in [6.45, 7) is 4.48. The van der Waals surface area contributed by atoms with Gasteiger partial charge in [0, 0.05) is 6.42 Å². The molecule has 0 radical (unpaired) electrons. The maximum absolute atomic E-state index is 12.5. The van der Waals surface area contributed by atoms with Crippen LogP contribution in [-0.2, 0) is 14.9 Å². The third kappa shape index (κ3) is 33.7. The molecule has 6 nitrogen and oxygen atoms in total. The van der Waals surface area contributed by atoms with Crippen molar-refractivity contribution in [3.8, 4) is 0 Å². The van der Waals surface area contributed by atoms with Crippen molar-refractivity contribution >= 4 is 16.0 Å². The predicted octanol–water partition coefficient (Wildman–Crippen LogP) is 10.7. The first-order chi connectivity index (χ1) is 22.3. The molecule has 0 aromatic rings. The molecule has 46 heavy (non-hydrogen) atoms. The van der Waals surface area contributed by atoms with Gasteiger partial charge in [-0.15, -0.1) is 0 Å². The molecule has 3 N–H and O–H groups in total. The van der Waals surface area contributed by atoms with Crippen molar-refractivity contribution in [3.63, 3.8) is 0 Å². The Balaban J connectivity index is 4.02. The largest absolute Gasteiger partial charge is 0.387 e. The van der Waals surface area contributed by atoms with E-state index in [1.54, 1.807) is 6.08 Å². The van der Waals surface area contributed by atoms with E-state index in [9.17, 15) is 22.9 Å². The number of hydrogen-bond acceptors (Lipinski definition) is 4. The fraction of sp³-hybridized carbons (Fsp3) is 0.769. The summed E-state index contributed by atoms with van der Waals surface area (Å²) >= 11 is 0. The Hall–Kier alpha value is -1.70. The number of aliphatic hydroxyl groups excluding tert-OH is 1. The Morgan fingerprint density at radius 3 is 1.52 bits per heavy atom. The Bertz CT molecular complexity index is 909. The van der Waals surface area contributed by atoms with E-state index in [1.165, 1.54) is 102 Å². The fourth-order valence-electron chi connectivity index (χ4n) is 5.38. The van der Waals surface area contributed by atoms with E-state index < -0.39 is 28.0 Å². The van der Waals surface area contributed by atoms with E-state index >= 15 is 0 Å².